The van der Waals surface area contributed by atoms with Gasteiger partial charge in [0.25, 0.3) is 0 Å². The number of nitrogens with one attached hydrogen (secondary N) is 2. The van der Waals surface area contributed by atoms with Crippen LogP contribution in [0, 0.1) is 18.3 Å². The molecule has 0 bridgehead atoms. The predicted octanol–water partition coefficient (Wildman–Crippen LogP) is 1.06. The van der Waals surface area contributed by atoms with Gasteiger partial charge >= 0.3 is 0 Å². The highest BCUT2D eigenvalue weighted by Gasteiger charge is 2.15. The van der Waals surface area contributed by atoms with Crippen molar-refractivity contribution in [3.63, 3.8) is 0 Å². The zero-order valence-electron chi connectivity index (χ0n) is 11.3. The first-order chi connectivity index (χ1) is 9.53. The Hall–Kier alpha value is -1.68. The first kappa shape index (κ1) is 14.7. The summed E-state index contributed by atoms with van der Waals surface area (Å²) in [5, 5.41) is 12.0. The topological polar surface area (TPSA) is 82.0 Å². The number of rotatable bonds is 4. The summed E-state index contributed by atoms with van der Waals surface area (Å²) >= 11 is 0. The number of benzene rings is 1. The van der Waals surface area contributed by atoms with E-state index in [2.05, 4.69) is 10.0 Å². The number of hydrogen-bond acceptors (Lipinski definition) is 4. The Morgan fingerprint density at radius 3 is 2.85 bits per heavy atom. The van der Waals surface area contributed by atoms with Crippen molar-refractivity contribution in [3.8, 4) is 6.07 Å². The average Bonchev–Trinajstić information content (AvgIpc) is 2.46. The molecule has 1 aromatic rings. The van der Waals surface area contributed by atoms with Gasteiger partial charge in [-0.05, 0) is 43.7 Å². The van der Waals surface area contributed by atoms with E-state index in [1.807, 2.05) is 12.1 Å². The summed E-state index contributed by atoms with van der Waals surface area (Å²) in [6, 6.07) is 6.55. The second kappa shape index (κ2) is 6.18. The molecule has 1 heterocycles. The Bertz CT molecular complexity index is 672. The Morgan fingerprint density at radius 2 is 2.25 bits per heavy atom. The molecule has 1 aliphatic heterocycles. The smallest absolute Gasteiger partial charge is 0.240 e. The Morgan fingerprint density at radius 1 is 1.45 bits per heavy atom. The highest BCUT2D eigenvalue weighted by Crippen LogP contribution is 2.15. The van der Waals surface area contributed by atoms with Crippen LogP contribution in [0.25, 0.3) is 0 Å². The monoisotopic (exact) mass is 291 g/mol. The van der Waals surface area contributed by atoms with Crippen LogP contribution in [0.5, 0.6) is 0 Å². The lowest BCUT2D eigenvalue weighted by molar-refractivity contribution is 0.582. The maximum atomic E-state index is 12.2. The molecule has 2 rings (SSSR count). The van der Waals surface area contributed by atoms with Crippen molar-refractivity contribution in [2.45, 2.75) is 18.2 Å². The lowest BCUT2D eigenvalue weighted by Gasteiger charge is -2.15. The van der Waals surface area contributed by atoms with Gasteiger partial charge in [-0.25, -0.2) is 13.1 Å². The van der Waals surface area contributed by atoms with Crippen molar-refractivity contribution in [1.29, 1.82) is 5.26 Å². The van der Waals surface area contributed by atoms with E-state index < -0.39 is 10.0 Å². The Labute approximate surface area is 119 Å². The average molecular weight is 291 g/mol. The van der Waals surface area contributed by atoms with E-state index in [4.69, 9.17) is 5.26 Å². The zero-order chi connectivity index (χ0) is 14.6. The molecule has 1 aliphatic rings. The van der Waals surface area contributed by atoms with Crippen molar-refractivity contribution in [1.82, 2.24) is 10.0 Å². The quantitative estimate of drug-likeness (QED) is 0.813. The minimum absolute atomic E-state index is 0.198. The standard InChI is InChI=1S/C14H17N3O2S/c1-11-8-14(3-2-13(11)9-15)20(18,19)17-10-12-4-6-16-7-5-12/h2-4,8,16-17H,5-7,10H2,1H3. The molecule has 0 saturated heterocycles. The normalized spacial score (nSPS) is 15.5. The second-order valence-electron chi connectivity index (χ2n) is 4.73. The molecule has 0 radical (unpaired) electrons. The summed E-state index contributed by atoms with van der Waals surface area (Å²) in [6.45, 7) is 3.73. The highest BCUT2D eigenvalue weighted by molar-refractivity contribution is 7.89. The maximum absolute atomic E-state index is 12.2. The van der Waals surface area contributed by atoms with Crippen LogP contribution in [0.2, 0.25) is 0 Å². The molecule has 0 atom stereocenters. The molecule has 0 spiro atoms. The van der Waals surface area contributed by atoms with Crippen LogP contribution < -0.4 is 10.0 Å². The second-order valence-corrected chi connectivity index (χ2v) is 6.50. The molecule has 0 aromatic heterocycles. The number of nitriles is 1. The van der Waals surface area contributed by atoms with Crippen LogP contribution in [0.3, 0.4) is 0 Å². The van der Waals surface area contributed by atoms with Crippen LogP contribution in [-0.4, -0.2) is 28.1 Å². The summed E-state index contributed by atoms with van der Waals surface area (Å²) in [4.78, 5) is 0.198. The Balaban J connectivity index is 2.12. The van der Waals surface area contributed by atoms with E-state index in [-0.39, 0.29) is 4.90 Å². The van der Waals surface area contributed by atoms with Crippen molar-refractivity contribution in [2.24, 2.45) is 0 Å². The van der Waals surface area contributed by atoms with Gasteiger partial charge in [-0.2, -0.15) is 5.26 Å². The summed E-state index contributed by atoms with van der Waals surface area (Å²) in [5.41, 5.74) is 2.25. The molecule has 0 amide bonds. The van der Waals surface area contributed by atoms with E-state index in [9.17, 15) is 8.42 Å². The van der Waals surface area contributed by atoms with Gasteiger partial charge in [0.1, 0.15) is 0 Å². The molecule has 0 saturated carbocycles. The van der Waals surface area contributed by atoms with E-state index in [1.54, 1.807) is 6.92 Å². The van der Waals surface area contributed by atoms with Gasteiger partial charge in [-0.3, -0.25) is 0 Å². The molecule has 6 heteroatoms. The van der Waals surface area contributed by atoms with Gasteiger partial charge in [0.15, 0.2) is 0 Å². The fourth-order valence-electron chi connectivity index (χ4n) is 2.03. The third kappa shape index (κ3) is 3.45. The maximum Gasteiger partial charge on any atom is 0.240 e. The SMILES string of the molecule is Cc1cc(S(=O)(=O)NCC2=CCNCC2)ccc1C#N. The molecule has 106 valence electrons. The van der Waals surface area contributed by atoms with Crippen LogP contribution in [-0.2, 0) is 10.0 Å². The molecule has 5 nitrogen and oxygen atoms in total. The molecule has 20 heavy (non-hydrogen) atoms. The number of aryl methyl sites for hydroxylation is 1. The number of hydrogen-bond donors (Lipinski definition) is 2. The highest BCUT2D eigenvalue weighted by atomic mass is 32.2. The Kier molecular flexibility index (Phi) is 4.55. The molecule has 0 aliphatic carbocycles. The van der Waals surface area contributed by atoms with Gasteiger partial charge in [-0.15, -0.1) is 0 Å². The number of sulfonamides is 1. The zero-order valence-corrected chi connectivity index (χ0v) is 12.1. The van der Waals surface area contributed by atoms with Crippen molar-refractivity contribution in [2.75, 3.05) is 19.6 Å². The molecular formula is C14H17N3O2S. The van der Waals surface area contributed by atoms with Crippen molar-refractivity contribution in [3.05, 3.63) is 41.0 Å². The van der Waals surface area contributed by atoms with Gasteiger partial charge in [0.2, 0.25) is 10.0 Å². The van der Waals surface area contributed by atoms with Crippen LogP contribution >= 0.6 is 0 Å². The van der Waals surface area contributed by atoms with E-state index in [0.717, 1.165) is 25.1 Å². The van der Waals surface area contributed by atoms with Crippen molar-refractivity contribution < 1.29 is 8.42 Å². The van der Waals surface area contributed by atoms with E-state index in [1.165, 1.54) is 18.2 Å². The first-order valence-electron chi connectivity index (χ1n) is 6.42. The van der Waals surface area contributed by atoms with Gasteiger partial charge in [0, 0.05) is 13.1 Å². The largest absolute Gasteiger partial charge is 0.313 e. The third-order valence-corrected chi connectivity index (χ3v) is 4.67. The minimum atomic E-state index is -3.53. The summed E-state index contributed by atoms with van der Waals surface area (Å²) in [5.74, 6) is 0. The summed E-state index contributed by atoms with van der Waals surface area (Å²) in [6.07, 6.45) is 2.87. The molecule has 0 unspecified atom stereocenters. The van der Waals surface area contributed by atoms with Gasteiger partial charge in [0.05, 0.1) is 16.5 Å². The fraction of sp³-hybridized carbons (Fsp3) is 0.357. The lowest BCUT2D eigenvalue weighted by atomic mass is 10.1. The third-order valence-electron chi connectivity index (χ3n) is 3.28. The van der Waals surface area contributed by atoms with E-state index >= 15 is 0 Å². The van der Waals surface area contributed by atoms with Gasteiger partial charge < -0.3 is 5.32 Å². The summed E-state index contributed by atoms with van der Waals surface area (Å²) < 4.78 is 27.0. The first-order valence-corrected chi connectivity index (χ1v) is 7.90. The fourth-order valence-corrected chi connectivity index (χ4v) is 3.15. The van der Waals surface area contributed by atoms with Crippen LogP contribution in [0.4, 0.5) is 0 Å². The number of nitrogens with zero attached hydrogens (tertiary/aromatic N) is 1. The molecule has 0 fully saturated rings. The van der Waals surface area contributed by atoms with Gasteiger partial charge in [-0.1, -0.05) is 11.6 Å². The lowest BCUT2D eigenvalue weighted by Crippen LogP contribution is -2.29. The molecular weight excluding hydrogens is 274 g/mol. The van der Waals surface area contributed by atoms with E-state index in [0.29, 0.717) is 17.7 Å². The van der Waals surface area contributed by atoms with Crippen molar-refractivity contribution >= 4 is 10.0 Å². The predicted molar refractivity (Wildman–Crippen MR) is 76.7 cm³/mol. The van der Waals surface area contributed by atoms with Crippen LogP contribution in [0.15, 0.2) is 34.7 Å². The minimum Gasteiger partial charge on any atom is -0.313 e. The molecule has 1 aromatic carbocycles. The van der Waals surface area contributed by atoms with Crippen LogP contribution in [0.1, 0.15) is 17.5 Å². The summed E-state index contributed by atoms with van der Waals surface area (Å²) in [7, 11) is -3.53. The molecule has 2 N–H and O–H groups in total.